The molecular formula is C13H22ClN3OS. The Bertz CT molecular complexity index is 436. The van der Waals surface area contributed by atoms with Gasteiger partial charge in [0.2, 0.25) is 5.91 Å². The highest BCUT2D eigenvalue weighted by molar-refractivity contribution is 7.15. The number of hydrogen-bond donors (Lipinski definition) is 2. The van der Waals surface area contributed by atoms with Gasteiger partial charge in [-0.2, -0.15) is 0 Å². The summed E-state index contributed by atoms with van der Waals surface area (Å²) in [5.74, 6) is 0.394. The van der Waals surface area contributed by atoms with E-state index in [0.717, 1.165) is 36.5 Å². The predicted molar refractivity (Wildman–Crippen MR) is 82.0 cm³/mol. The van der Waals surface area contributed by atoms with Crippen LogP contribution in [0.3, 0.4) is 0 Å². The van der Waals surface area contributed by atoms with E-state index in [9.17, 15) is 4.79 Å². The van der Waals surface area contributed by atoms with Crippen LogP contribution < -0.4 is 11.1 Å². The molecule has 0 radical (unpaired) electrons. The molecule has 1 aromatic rings. The van der Waals surface area contributed by atoms with Crippen molar-refractivity contribution in [3.8, 4) is 0 Å². The van der Waals surface area contributed by atoms with Crippen LogP contribution in [-0.4, -0.2) is 16.9 Å². The van der Waals surface area contributed by atoms with E-state index in [2.05, 4.69) is 17.2 Å². The Morgan fingerprint density at radius 1 is 1.53 bits per heavy atom. The van der Waals surface area contributed by atoms with Crippen LogP contribution >= 0.6 is 23.7 Å². The number of aryl methyl sites for hydroxylation is 2. The summed E-state index contributed by atoms with van der Waals surface area (Å²) in [6.07, 6.45) is 4.71. The fraction of sp³-hybridized carbons (Fsp3) is 0.692. The van der Waals surface area contributed by atoms with Crippen LogP contribution in [0.2, 0.25) is 0 Å². The fourth-order valence-electron chi connectivity index (χ4n) is 2.54. The second kappa shape index (κ2) is 7.22. The van der Waals surface area contributed by atoms with Gasteiger partial charge in [-0.15, -0.1) is 23.7 Å². The Morgan fingerprint density at radius 2 is 2.26 bits per heavy atom. The molecule has 1 fully saturated rings. The van der Waals surface area contributed by atoms with Crippen LogP contribution in [0.5, 0.6) is 0 Å². The molecule has 0 aliphatic heterocycles. The van der Waals surface area contributed by atoms with Crippen LogP contribution in [-0.2, 0) is 11.2 Å². The summed E-state index contributed by atoms with van der Waals surface area (Å²) in [6, 6.07) is 0.194. The predicted octanol–water partition coefficient (Wildman–Crippen LogP) is 2.89. The summed E-state index contributed by atoms with van der Waals surface area (Å²) < 4.78 is 0. The second-order valence-electron chi connectivity index (χ2n) is 4.98. The third kappa shape index (κ3) is 4.16. The number of amides is 1. The van der Waals surface area contributed by atoms with Gasteiger partial charge in [0.25, 0.3) is 0 Å². The van der Waals surface area contributed by atoms with Gasteiger partial charge < -0.3 is 11.1 Å². The van der Waals surface area contributed by atoms with Crippen LogP contribution in [0, 0.1) is 12.8 Å². The Kier molecular flexibility index (Phi) is 6.23. The molecule has 0 aromatic carbocycles. The third-order valence-corrected chi connectivity index (χ3v) is 4.57. The van der Waals surface area contributed by atoms with E-state index in [0.29, 0.717) is 12.3 Å². The number of halogens is 1. The van der Waals surface area contributed by atoms with Gasteiger partial charge in [-0.25, -0.2) is 4.98 Å². The smallest absolute Gasteiger partial charge is 0.226 e. The van der Waals surface area contributed by atoms with Crippen LogP contribution in [0.4, 0.5) is 5.13 Å². The topological polar surface area (TPSA) is 68.0 Å². The van der Waals surface area contributed by atoms with Gasteiger partial charge in [-0.1, -0.05) is 13.3 Å². The highest BCUT2D eigenvalue weighted by Gasteiger charge is 2.26. The molecule has 108 valence electrons. The molecule has 4 nitrogen and oxygen atoms in total. The van der Waals surface area contributed by atoms with Gasteiger partial charge in [0.15, 0.2) is 5.13 Å². The van der Waals surface area contributed by atoms with Gasteiger partial charge in [0.05, 0.1) is 5.69 Å². The molecule has 0 unspecified atom stereocenters. The highest BCUT2D eigenvalue weighted by Crippen LogP contribution is 2.28. The summed E-state index contributed by atoms with van der Waals surface area (Å²) in [4.78, 5) is 17.5. The largest absolute Gasteiger partial charge is 0.327 e. The molecule has 1 amide bonds. The number of nitrogens with two attached hydrogens (primary N) is 1. The summed E-state index contributed by atoms with van der Waals surface area (Å²) in [7, 11) is 0. The summed E-state index contributed by atoms with van der Waals surface area (Å²) >= 11 is 1.55. The highest BCUT2D eigenvalue weighted by atomic mass is 35.5. The molecule has 1 aromatic heterocycles. The van der Waals surface area contributed by atoms with E-state index in [1.807, 2.05) is 6.92 Å². The van der Waals surface area contributed by atoms with E-state index in [1.165, 1.54) is 4.88 Å². The van der Waals surface area contributed by atoms with Crippen LogP contribution in [0.25, 0.3) is 0 Å². The fourth-order valence-corrected chi connectivity index (χ4v) is 3.46. The van der Waals surface area contributed by atoms with Gasteiger partial charge >= 0.3 is 0 Å². The minimum absolute atomic E-state index is 0. The molecule has 0 saturated heterocycles. The number of carbonyl (C=O) groups is 1. The van der Waals surface area contributed by atoms with Gasteiger partial charge in [0, 0.05) is 17.3 Å². The van der Waals surface area contributed by atoms with Crippen molar-refractivity contribution < 1.29 is 4.79 Å². The molecule has 1 aliphatic carbocycles. The van der Waals surface area contributed by atoms with Crippen molar-refractivity contribution in [2.75, 3.05) is 5.32 Å². The lowest BCUT2D eigenvalue weighted by Crippen LogP contribution is -2.28. The monoisotopic (exact) mass is 303 g/mol. The number of nitrogens with zero attached hydrogens (tertiary/aromatic N) is 1. The number of hydrogen-bond acceptors (Lipinski definition) is 4. The Balaban J connectivity index is 0.00000180. The normalized spacial score (nSPS) is 22.1. The maximum Gasteiger partial charge on any atom is 0.226 e. The number of carbonyl (C=O) groups excluding carboxylic acids is 1. The SMILES string of the molecule is CCc1nc(NC(=O)C[C@@H]2CCC[C@H]2N)sc1C.Cl. The lowest BCUT2D eigenvalue weighted by atomic mass is 10.00. The van der Waals surface area contributed by atoms with Crippen molar-refractivity contribution in [2.45, 2.75) is 52.0 Å². The first-order chi connectivity index (χ1) is 8.60. The van der Waals surface area contributed by atoms with Crippen molar-refractivity contribution >= 4 is 34.8 Å². The number of nitrogens with one attached hydrogen (secondary N) is 1. The van der Waals surface area contributed by atoms with Gasteiger partial charge in [-0.3, -0.25) is 4.79 Å². The first-order valence-electron chi connectivity index (χ1n) is 6.62. The summed E-state index contributed by atoms with van der Waals surface area (Å²) in [5.41, 5.74) is 7.05. The molecule has 3 N–H and O–H groups in total. The van der Waals surface area contributed by atoms with Gasteiger partial charge in [0.1, 0.15) is 0 Å². The molecule has 6 heteroatoms. The molecule has 0 bridgehead atoms. The maximum absolute atomic E-state index is 11.9. The molecule has 0 spiro atoms. The van der Waals surface area contributed by atoms with Crippen molar-refractivity contribution in [1.82, 2.24) is 4.98 Å². The molecule has 1 heterocycles. The van der Waals surface area contributed by atoms with E-state index in [1.54, 1.807) is 11.3 Å². The zero-order valence-corrected chi connectivity index (χ0v) is 13.1. The number of anilines is 1. The summed E-state index contributed by atoms with van der Waals surface area (Å²) in [6.45, 7) is 4.12. The maximum atomic E-state index is 11.9. The standard InChI is InChI=1S/C13H21N3OS.ClH/c1-3-11-8(2)18-13(15-11)16-12(17)7-9-5-4-6-10(9)14;/h9-10H,3-7,14H2,1-2H3,(H,15,16,17);1H/t9-,10+;/m0./s1. The number of thiazole rings is 1. The Hall–Kier alpha value is -0.650. The lowest BCUT2D eigenvalue weighted by Gasteiger charge is -2.13. The summed E-state index contributed by atoms with van der Waals surface area (Å²) in [5, 5.41) is 3.62. The number of rotatable bonds is 4. The van der Waals surface area contributed by atoms with E-state index in [4.69, 9.17) is 5.73 Å². The minimum atomic E-state index is 0. The first kappa shape index (κ1) is 16.4. The minimum Gasteiger partial charge on any atom is -0.327 e. The van der Waals surface area contributed by atoms with Crippen LogP contribution in [0.1, 0.15) is 43.2 Å². The molecule has 2 rings (SSSR count). The molecule has 19 heavy (non-hydrogen) atoms. The molecule has 1 saturated carbocycles. The van der Waals surface area contributed by atoms with E-state index >= 15 is 0 Å². The van der Waals surface area contributed by atoms with Gasteiger partial charge in [-0.05, 0) is 32.1 Å². The van der Waals surface area contributed by atoms with E-state index < -0.39 is 0 Å². The third-order valence-electron chi connectivity index (χ3n) is 3.64. The zero-order chi connectivity index (χ0) is 13.1. The zero-order valence-electron chi connectivity index (χ0n) is 11.4. The second-order valence-corrected chi connectivity index (χ2v) is 6.19. The van der Waals surface area contributed by atoms with Crippen molar-refractivity contribution in [3.63, 3.8) is 0 Å². The van der Waals surface area contributed by atoms with Crippen molar-refractivity contribution in [2.24, 2.45) is 11.7 Å². The average Bonchev–Trinajstić information content (AvgIpc) is 2.86. The molecule has 2 atom stereocenters. The Morgan fingerprint density at radius 3 is 2.79 bits per heavy atom. The number of aromatic nitrogens is 1. The molecule has 1 aliphatic rings. The average molecular weight is 304 g/mol. The molecular weight excluding hydrogens is 282 g/mol. The van der Waals surface area contributed by atoms with Crippen molar-refractivity contribution in [3.05, 3.63) is 10.6 Å². The quantitative estimate of drug-likeness (QED) is 0.898. The Labute approximate surface area is 124 Å². The van der Waals surface area contributed by atoms with Crippen molar-refractivity contribution in [1.29, 1.82) is 0 Å². The lowest BCUT2D eigenvalue weighted by molar-refractivity contribution is -0.117. The van der Waals surface area contributed by atoms with Crippen LogP contribution in [0.15, 0.2) is 0 Å². The van der Waals surface area contributed by atoms with E-state index in [-0.39, 0.29) is 24.4 Å². The first-order valence-corrected chi connectivity index (χ1v) is 7.43.